The van der Waals surface area contributed by atoms with E-state index in [4.69, 9.17) is 19.9 Å². The molecule has 0 aliphatic carbocycles. The largest absolute Gasteiger partial charge is 0.308 e. The van der Waals surface area contributed by atoms with Crippen LogP contribution in [0.25, 0.3) is 44.0 Å². The lowest BCUT2D eigenvalue weighted by atomic mass is 9.73. The summed E-state index contributed by atoms with van der Waals surface area (Å²) in [5.74, 6) is 0. The minimum absolute atomic E-state index is 0.229. The number of pyridine rings is 3. The molecule has 6 nitrogen and oxygen atoms in total. The van der Waals surface area contributed by atoms with Crippen LogP contribution >= 0.6 is 0 Å². The Morgan fingerprint density at radius 3 is 2.10 bits per heavy atom. The Kier molecular flexibility index (Phi) is 5.32. The van der Waals surface area contributed by atoms with Crippen LogP contribution < -0.4 is 4.90 Å². The first kappa shape index (κ1) is 23.9. The highest BCUT2D eigenvalue weighted by molar-refractivity contribution is 6.21. The summed E-state index contributed by atoms with van der Waals surface area (Å²) in [5, 5.41) is 1.79. The van der Waals surface area contributed by atoms with Gasteiger partial charge in [-0.25, -0.2) is 0 Å². The first-order chi connectivity index (χ1) is 19.5. The number of anilines is 2. The molecule has 40 heavy (non-hydrogen) atoms. The summed E-state index contributed by atoms with van der Waals surface area (Å²) in [4.78, 5) is 25.9. The van der Waals surface area contributed by atoms with E-state index in [0.717, 1.165) is 66.6 Å². The summed E-state index contributed by atoms with van der Waals surface area (Å²) in [6.07, 6.45) is 14.7. The summed E-state index contributed by atoms with van der Waals surface area (Å²) < 4.78 is 0. The smallest absolute Gasteiger partial charge is 0.0989 e. The van der Waals surface area contributed by atoms with Gasteiger partial charge in [0.05, 0.1) is 39.6 Å². The number of rotatable bonds is 4. The van der Waals surface area contributed by atoms with Gasteiger partial charge < -0.3 is 4.90 Å². The van der Waals surface area contributed by atoms with Crippen molar-refractivity contribution in [3.63, 3.8) is 0 Å². The fourth-order valence-electron chi connectivity index (χ4n) is 5.95. The van der Waals surface area contributed by atoms with Crippen LogP contribution in [0.15, 0.2) is 122 Å². The minimum atomic E-state index is -0.229. The van der Waals surface area contributed by atoms with Crippen molar-refractivity contribution < 1.29 is 0 Å². The number of hydrogen-bond donors (Lipinski definition) is 0. The van der Waals surface area contributed by atoms with Gasteiger partial charge in [-0.2, -0.15) is 0 Å². The molecule has 0 atom stereocenters. The minimum Gasteiger partial charge on any atom is -0.308 e. The van der Waals surface area contributed by atoms with Crippen molar-refractivity contribution >= 4 is 44.2 Å². The fraction of sp³-hybridized carbons (Fsp3) is 0.0882. The SMILES string of the molecule is C=CC1=C(C=C)C(C)(C)c2ccccc2N1c1cnc2c(c1)c1nccnc1c1cc(-c3cccnc3)cnc12. The maximum atomic E-state index is 5.00. The predicted octanol–water partition coefficient (Wildman–Crippen LogP) is 7.84. The van der Waals surface area contributed by atoms with Gasteiger partial charge in [0.2, 0.25) is 0 Å². The molecule has 6 heteroatoms. The molecule has 0 radical (unpaired) electrons. The zero-order valence-electron chi connectivity index (χ0n) is 22.3. The molecule has 4 aromatic heterocycles. The average Bonchev–Trinajstić information content (AvgIpc) is 3.01. The number of fused-ring (bicyclic) bond motifs is 7. The maximum absolute atomic E-state index is 5.00. The van der Waals surface area contributed by atoms with E-state index in [1.165, 1.54) is 5.56 Å². The predicted molar refractivity (Wildman–Crippen MR) is 162 cm³/mol. The average molecular weight is 519 g/mol. The zero-order valence-corrected chi connectivity index (χ0v) is 22.3. The lowest BCUT2D eigenvalue weighted by molar-refractivity contribution is 0.621. The Morgan fingerprint density at radius 1 is 0.700 bits per heavy atom. The molecular weight excluding hydrogens is 492 g/mol. The summed E-state index contributed by atoms with van der Waals surface area (Å²) in [7, 11) is 0. The quantitative estimate of drug-likeness (QED) is 0.221. The van der Waals surface area contributed by atoms with Crippen molar-refractivity contribution in [2.75, 3.05) is 4.90 Å². The van der Waals surface area contributed by atoms with Crippen molar-refractivity contribution in [3.05, 3.63) is 128 Å². The van der Waals surface area contributed by atoms with E-state index in [2.05, 4.69) is 73.3 Å². The summed E-state index contributed by atoms with van der Waals surface area (Å²) in [6, 6.07) is 16.6. The molecule has 0 N–H and O–H groups in total. The molecule has 0 spiro atoms. The van der Waals surface area contributed by atoms with Gasteiger partial charge in [0.25, 0.3) is 0 Å². The molecule has 7 rings (SSSR count). The molecule has 2 aromatic carbocycles. The van der Waals surface area contributed by atoms with Gasteiger partial charge in [0.1, 0.15) is 0 Å². The van der Waals surface area contributed by atoms with Gasteiger partial charge in [-0.15, -0.1) is 0 Å². The second kappa shape index (κ2) is 8.92. The van der Waals surface area contributed by atoms with Crippen LogP contribution in [0.1, 0.15) is 19.4 Å². The molecule has 0 saturated carbocycles. The van der Waals surface area contributed by atoms with Crippen LogP contribution in [0.5, 0.6) is 0 Å². The molecule has 0 saturated heterocycles. The van der Waals surface area contributed by atoms with Gasteiger partial charge in [-0.3, -0.25) is 24.9 Å². The molecule has 1 aliphatic rings. The molecular formula is C34H26N6. The van der Waals surface area contributed by atoms with Crippen LogP contribution in [0.4, 0.5) is 11.4 Å². The summed E-state index contributed by atoms with van der Waals surface area (Å²) in [5.41, 5.74) is 10.2. The van der Waals surface area contributed by atoms with Gasteiger partial charge in [0, 0.05) is 64.0 Å². The molecule has 1 aliphatic heterocycles. The highest BCUT2D eigenvalue weighted by Gasteiger charge is 2.36. The van der Waals surface area contributed by atoms with Crippen molar-refractivity contribution in [2.45, 2.75) is 19.3 Å². The standard InChI is InChI=1S/C34H26N6/c1-5-26-28(6-2)40(29-12-8-7-11-27(29)34(26,3)4)23-17-25-31-30(36-14-15-37-31)24-16-22(21-10-9-13-35-18-21)19-38-32(24)33(25)39-20-23/h5-20H,1-2H2,3-4H3. The summed E-state index contributed by atoms with van der Waals surface area (Å²) in [6.45, 7) is 12.8. The second-order valence-electron chi connectivity index (χ2n) is 10.4. The van der Waals surface area contributed by atoms with Crippen LogP contribution in [0.2, 0.25) is 0 Å². The van der Waals surface area contributed by atoms with Crippen molar-refractivity contribution in [3.8, 4) is 11.1 Å². The monoisotopic (exact) mass is 518 g/mol. The van der Waals surface area contributed by atoms with Gasteiger partial charge in [-0.05, 0) is 41.5 Å². The van der Waals surface area contributed by atoms with Crippen molar-refractivity contribution in [1.29, 1.82) is 0 Å². The van der Waals surface area contributed by atoms with Crippen molar-refractivity contribution in [1.82, 2.24) is 24.9 Å². The van der Waals surface area contributed by atoms with E-state index in [1.54, 1.807) is 18.6 Å². The fourth-order valence-corrected chi connectivity index (χ4v) is 5.95. The Hall–Kier alpha value is -5.23. The highest BCUT2D eigenvalue weighted by Crippen LogP contribution is 2.49. The van der Waals surface area contributed by atoms with Crippen LogP contribution in [-0.4, -0.2) is 24.9 Å². The maximum Gasteiger partial charge on any atom is 0.0989 e. The van der Waals surface area contributed by atoms with E-state index in [0.29, 0.717) is 0 Å². The number of allylic oxidation sites excluding steroid dienone is 3. The number of benzene rings is 2. The third-order valence-corrected chi connectivity index (χ3v) is 7.85. The zero-order chi connectivity index (χ0) is 27.4. The van der Waals surface area contributed by atoms with E-state index < -0.39 is 0 Å². The van der Waals surface area contributed by atoms with E-state index in [1.807, 2.05) is 42.9 Å². The van der Waals surface area contributed by atoms with Crippen molar-refractivity contribution in [2.24, 2.45) is 0 Å². The van der Waals surface area contributed by atoms with Crippen LogP contribution in [-0.2, 0) is 5.41 Å². The Morgan fingerprint density at radius 2 is 1.40 bits per heavy atom. The Labute approximate surface area is 232 Å². The number of hydrogen-bond acceptors (Lipinski definition) is 6. The molecule has 0 unspecified atom stereocenters. The first-order valence-electron chi connectivity index (χ1n) is 13.1. The van der Waals surface area contributed by atoms with E-state index >= 15 is 0 Å². The topological polar surface area (TPSA) is 67.7 Å². The van der Waals surface area contributed by atoms with Gasteiger partial charge in [-0.1, -0.05) is 57.3 Å². The molecule has 0 amide bonds. The molecule has 5 heterocycles. The molecule has 192 valence electrons. The Bertz CT molecular complexity index is 2000. The van der Waals surface area contributed by atoms with Crippen LogP contribution in [0, 0.1) is 0 Å². The van der Waals surface area contributed by atoms with E-state index in [-0.39, 0.29) is 5.41 Å². The normalized spacial score (nSPS) is 14.5. The van der Waals surface area contributed by atoms with E-state index in [9.17, 15) is 0 Å². The van der Waals surface area contributed by atoms with Crippen LogP contribution in [0.3, 0.4) is 0 Å². The van der Waals surface area contributed by atoms with Gasteiger partial charge in [0.15, 0.2) is 0 Å². The molecule has 0 bridgehead atoms. The lowest BCUT2D eigenvalue weighted by Crippen LogP contribution is -2.33. The molecule has 0 fully saturated rings. The molecule has 6 aromatic rings. The summed E-state index contributed by atoms with van der Waals surface area (Å²) >= 11 is 0. The first-order valence-corrected chi connectivity index (χ1v) is 13.1. The third-order valence-electron chi connectivity index (χ3n) is 7.85. The second-order valence-corrected chi connectivity index (χ2v) is 10.4. The Balaban J connectivity index is 1.52. The highest BCUT2D eigenvalue weighted by atomic mass is 15.2. The lowest BCUT2D eigenvalue weighted by Gasteiger charge is -2.42. The number of aromatic nitrogens is 5. The third kappa shape index (κ3) is 3.39. The number of para-hydroxylation sites is 1. The number of nitrogens with zero attached hydrogens (tertiary/aromatic N) is 6. The van der Waals surface area contributed by atoms with Gasteiger partial charge >= 0.3 is 0 Å².